The van der Waals surface area contributed by atoms with Crippen molar-refractivity contribution in [1.29, 1.82) is 0 Å². The van der Waals surface area contributed by atoms with Gasteiger partial charge in [0.1, 0.15) is 18.0 Å². The summed E-state index contributed by atoms with van der Waals surface area (Å²) in [5, 5.41) is 0. The van der Waals surface area contributed by atoms with Crippen LogP contribution in [0.2, 0.25) is 0 Å². The normalized spacial score (nSPS) is 11.6. The maximum Gasteiger partial charge on any atom is 0.316 e. The Morgan fingerprint density at radius 2 is 1.88 bits per heavy atom. The molecule has 0 aromatic heterocycles. The van der Waals surface area contributed by atoms with E-state index < -0.39 is 12.3 Å². The zero-order chi connectivity index (χ0) is 12.0. The first-order chi connectivity index (χ1) is 7.58. The van der Waals surface area contributed by atoms with Crippen LogP contribution in [0.4, 0.5) is 0 Å². The molecule has 0 saturated carbocycles. The molecule has 0 bridgehead atoms. The molecule has 1 aromatic rings. The van der Waals surface area contributed by atoms with E-state index in [-0.39, 0.29) is 12.2 Å². The van der Waals surface area contributed by atoms with E-state index in [4.69, 9.17) is 9.47 Å². The van der Waals surface area contributed by atoms with Gasteiger partial charge < -0.3 is 9.47 Å². The van der Waals surface area contributed by atoms with Crippen molar-refractivity contribution >= 4 is 11.8 Å². The fourth-order valence-electron chi connectivity index (χ4n) is 1.14. The molecule has 0 aliphatic heterocycles. The molecule has 0 spiro atoms. The highest BCUT2D eigenvalue weighted by Crippen LogP contribution is 2.11. The van der Waals surface area contributed by atoms with Gasteiger partial charge >= 0.3 is 5.97 Å². The lowest BCUT2D eigenvalue weighted by Gasteiger charge is -2.14. The van der Waals surface area contributed by atoms with E-state index in [0.29, 0.717) is 5.75 Å². The van der Waals surface area contributed by atoms with Crippen LogP contribution in [-0.4, -0.2) is 18.0 Å². The summed E-state index contributed by atoms with van der Waals surface area (Å²) in [7, 11) is 0. The molecule has 0 radical (unpaired) electrons. The fraction of sp³-hybridized carbons (Fsp3) is 0.333. The number of benzene rings is 1. The van der Waals surface area contributed by atoms with Gasteiger partial charge in [0.05, 0.1) is 0 Å². The minimum absolute atomic E-state index is 0.220. The van der Waals surface area contributed by atoms with Crippen LogP contribution in [0.5, 0.6) is 5.75 Å². The third-order valence-electron chi connectivity index (χ3n) is 1.74. The summed E-state index contributed by atoms with van der Waals surface area (Å²) in [6.07, 6.45) is -0.920. The Hall–Kier alpha value is -1.84. The summed E-state index contributed by atoms with van der Waals surface area (Å²) < 4.78 is 10.2. The summed E-state index contributed by atoms with van der Waals surface area (Å²) in [6.45, 7) is 2.94. The lowest BCUT2D eigenvalue weighted by atomic mass is 10.3. The van der Waals surface area contributed by atoms with E-state index in [1.54, 1.807) is 19.1 Å². The second-order valence-electron chi connectivity index (χ2n) is 3.37. The van der Waals surface area contributed by atoms with E-state index in [2.05, 4.69) is 0 Å². The molecule has 0 aliphatic carbocycles. The summed E-state index contributed by atoms with van der Waals surface area (Å²) in [6, 6.07) is 9.02. The first kappa shape index (κ1) is 12.2. The molecule has 0 heterocycles. The molecule has 0 saturated heterocycles. The molecule has 4 nitrogen and oxygen atoms in total. The Morgan fingerprint density at radius 3 is 2.44 bits per heavy atom. The number of esters is 1. The number of para-hydroxylation sites is 1. The van der Waals surface area contributed by atoms with Crippen LogP contribution >= 0.6 is 0 Å². The first-order valence-corrected chi connectivity index (χ1v) is 4.98. The van der Waals surface area contributed by atoms with Gasteiger partial charge in [-0.15, -0.1) is 0 Å². The van der Waals surface area contributed by atoms with Crippen molar-refractivity contribution < 1.29 is 19.1 Å². The largest absolute Gasteiger partial charge is 0.455 e. The van der Waals surface area contributed by atoms with Crippen LogP contribution in [0, 0.1) is 0 Å². The van der Waals surface area contributed by atoms with Gasteiger partial charge in [0.2, 0.25) is 6.29 Å². The highest BCUT2D eigenvalue weighted by molar-refractivity contribution is 5.94. The summed E-state index contributed by atoms with van der Waals surface area (Å²) in [4.78, 5) is 21.8. The van der Waals surface area contributed by atoms with Crippen molar-refractivity contribution in [3.63, 3.8) is 0 Å². The third-order valence-corrected chi connectivity index (χ3v) is 1.74. The Morgan fingerprint density at radius 1 is 1.25 bits per heavy atom. The van der Waals surface area contributed by atoms with Crippen LogP contribution in [0.15, 0.2) is 30.3 Å². The van der Waals surface area contributed by atoms with Crippen LogP contribution in [0.3, 0.4) is 0 Å². The van der Waals surface area contributed by atoms with Crippen LogP contribution in [0.25, 0.3) is 0 Å². The lowest BCUT2D eigenvalue weighted by Crippen LogP contribution is -2.22. The molecular weight excluding hydrogens is 208 g/mol. The van der Waals surface area contributed by atoms with Gasteiger partial charge in [-0.3, -0.25) is 9.59 Å². The smallest absolute Gasteiger partial charge is 0.316 e. The molecule has 1 atom stereocenters. The lowest BCUT2D eigenvalue weighted by molar-refractivity contribution is -0.162. The Bertz CT molecular complexity index is 359. The SMILES string of the molecule is CC(=O)CC(=O)OC(C)Oc1ccccc1. The summed E-state index contributed by atoms with van der Waals surface area (Å²) in [5.74, 6) is -0.182. The second kappa shape index (κ2) is 5.90. The molecular formula is C12H14O4. The Balaban J connectivity index is 2.39. The number of hydrogen-bond donors (Lipinski definition) is 0. The minimum Gasteiger partial charge on any atom is -0.455 e. The second-order valence-corrected chi connectivity index (χ2v) is 3.37. The highest BCUT2D eigenvalue weighted by atomic mass is 16.7. The molecule has 1 rings (SSSR count). The number of ketones is 1. The number of hydrogen-bond acceptors (Lipinski definition) is 4. The van der Waals surface area contributed by atoms with E-state index >= 15 is 0 Å². The van der Waals surface area contributed by atoms with E-state index in [1.807, 2.05) is 18.2 Å². The van der Waals surface area contributed by atoms with Gasteiger partial charge in [0, 0.05) is 6.92 Å². The van der Waals surface area contributed by atoms with Gasteiger partial charge in [0.25, 0.3) is 0 Å². The molecule has 0 amide bonds. The van der Waals surface area contributed by atoms with Crippen LogP contribution in [0.1, 0.15) is 20.3 Å². The molecule has 0 fully saturated rings. The molecule has 1 unspecified atom stereocenters. The maximum atomic E-state index is 11.1. The third kappa shape index (κ3) is 4.59. The van der Waals surface area contributed by atoms with Gasteiger partial charge in [-0.25, -0.2) is 0 Å². The van der Waals surface area contributed by atoms with Gasteiger partial charge in [-0.2, -0.15) is 0 Å². The molecule has 0 aliphatic rings. The number of rotatable bonds is 5. The summed E-state index contributed by atoms with van der Waals surface area (Å²) in [5.41, 5.74) is 0. The van der Waals surface area contributed by atoms with Gasteiger partial charge in [0.15, 0.2) is 0 Å². The highest BCUT2D eigenvalue weighted by Gasteiger charge is 2.12. The standard InChI is InChI=1S/C12H14O4/c1-9(13)8-12(14)16-10(2)15-11-6-4-3-5-7-11/h3-7,10H,8H2,1-2H3. The van der Waals surface area contributed by atoms with Crippen molar-refractivity contribution in [2.24, 2.45) is 0 Å². The Labute approximate surface area is 94.2 Å². The topological polar surface area (TPSA) is 52.6 Å². The fourth-order valence-corrected chi connectivity index (χ4v) is 1.14. The molecule has 4 heteroatoms. The number of carbonyl (C=O) groups is 2. The number of ether oxygens (including phenoxy) is 2. The predicted octanol–water partition coefficient (Wildman–Crippen LogP) is 1.93. The zero-order valence-electron chi connectivity index (χ0n) is 9.30. The van der Waals surface area contributed by atoms with Gasteiger partial charge in [-0.05, 0) is 19.1 Å². The quantitative estimate of drug-likeness (QED) is 0.434. The molecule has 16 heavy (non-hydrogen) atoms. The van der Waals surface area contributed by atoms with Crippen LogP contribution in [-0.2, 0) is 14.3 Å². The first-order valence-electron chi connectivity index (χ1n) is 4.98. The average molecular weight is 222 g/mol. The van der Waals surface area contributed by atoms with E-state index in [1.165, 1.54) is 6.92 Å². The number of Topliss-reactive ketones (excluding diaryl/α,β-unsaturated/α-hetero) is 1. The molecule has 0 N–H and O–H groups in total. The minimum atomic E-state index is -0.700. The van der Waals surface area contributed by atoms with Crippen molar-refractivity contribution in [2.75, 3.05) is 0 Å². The molecule has 86 valence electrons. The number of carbonyl (C=O) groups excluding carboxylic acids is 2. The molecule has 1 aromatic carbocycles. The maximum absolute atomic E-state index is 11.1. The monoisotopic (exact) mass is 222 g/mol. The zero-order valence-corrected chi connectivity index (χ0v) is 9.30. The van der Waals surface area contributed by atoms with Crippen molar-refractivity contribution in [3.05, 3.63) is 30.3 Å². The van der Waals surface area contributed by atoms with Gasteiger partial charge in [-0.1, -0.05) is 18.2 Å². The summed E-state index contributed by atoms with van der Waals surface area (Å²) >= 11 is 0. The van der Waals surface area contributed by atoms with Crippen molar-refractivity contribution in [2.45, 2.75) is 26.6 Å². The van der Waals surface area contributed by atoms with Crippen molar-refractivity contribution in [3.8, 4) is 5.75 Å². The average Bonchev–Trinajstić information content (AvgIpc) is 2.17. The van der Waals surface area contributed by atoms with E-state index in [0.717, 1.165) is 0 Å². The Kier molecular flexibility index (Phi) is 4.51. The van der Waals surface area contributed by atoms with Crippen LogP contribution < -0.4 is 4.74 Å². The predicted molar refractivity (Wildman–Crippen MR) is 57.9 cm³/mol. The van der Waals surface area contributed by atoms with E-state index in [9.17, 15) is 9.59 Å². The van der Waals surface area contributed by atoms with Crippen molar-refractivity contribution in [1.82, 2.24) is 0 Å².